The van der Waals surface area contributed by atoms with Gasteiger partial charge in [-0.25, -0.2) is 4.39 Å². The minimum atomic E-state index is -0.472. The van der Waals surface area contributed by atoms with Crippen LogP contribution in [0.3, 0.4) is 0 Å². The van der Waals surface area contributed by atoms with E-state index in [2.05, 4.69) is 20.9 Å². The normalized spacial score (nSPS) is 16.4. The van der Waals surface area contributed by atoms with Gasteiger partial charge in [-0.1, -0.05) is 12.8 Å². The highest BCUT2D eigenvalue weighted by molar-refractivity contribution is 9.10. The van der Waals surface area contributed by atoms with Crippen LogP contribution in [0.5, 0.6) is 0 Å². The quantitative estimate of drug-likeness (QED) is 0.829. The zero-order valence-corrected chi connectivity index (χ0v) is 12.3. The number of halogens is 2. The van der Waals surface area contributed by atoms with E-state index in [1.165, 1.54) is 12.8 Å². The summed E-state index contributed by atoms with van der Waals surface area (Å²) in [6, 6.07) is 3.29. The highest BCUT2D eigenvalue weighted by Gasteiger charge is 2.20. The number of aromatic amines is 1. The third-order valence-corrected chi connectivity index (χ3v) is 4.59. The first-order valence-corrected chi connectivity index (χ1v) is 7.38. The summed E-state index contributed by atoms with van der Waals surface area (Å²) in [6.07, 6.45) is 4.63. The summed E-state index contributed by atoms with van der Waals surface area (Å²) in [5, 5.41) is 0.161. The molecule has 2 nitrogen and oxygen atoms in total. The van der Waals surface area contributed by atoms with Gasteiger partial charge in [0.15, 0.2) is 11.2 Å². The lowest BCUT2D eigenvalue weighted by Gasteiger charge is -2.12. The molecule has 1 aliphatic carbocycles. The van der Waals surface area contributed by atoms with Gasteiger partial charge < -0.3 is 4.98 Å². The first-order chi connectivity index (χ1) is 9.08. The van der Waals surface area contributed by atoms with Crippen LogP contribution in [0, 0.1) is 12.7 Å². The molecule has 0 atom stereocenters. The zero-order valence-electron chi connectivity index (χ0n) is 10.7. The van der Waals surface area contributed by atoms with Gasteiger partial charge in [0.05, 0.1) is 15.4 Å². The Balaban J connectivity index is 2.29. The predicted molar refractivity (Wildman–Crippen MR) is 78.2 cm³/mol. The molecule has 1 saturated carbocycles. The average Bonchev–Trinajstić information content (AvgIpc) is 2.89. The van der Waals surface area contributed by atoms with E-state index in [0.29, 0.717) is 15.9 Å². The topological polar surface area (TPSA) is 32.9 Å². The van der Waals surface area contributed by atoms with Crippen LogP contribution in [-0.4, -0.2) is 4.98 Å². The van der Waals surface area contributed by atoms with Crippen LogP contribution in [-0.2, 0) is 0 Å². The van der Waals surface area contributed by atoms with Crippen molar-refractivity contribution in [2.75, 3.05) is 0 Å². The summed E-state index contributed by atoms with van der Waals surface area (Å²) in [5.74, 6) is -0.0528. The molecule has 0 saturated heterocycles. The van der Waals surface area contributed by atoms with E-state index in [4.69, 9.17) is 0 Å². The Labute approximate surface area is 119 Å². The van der Waals surface area contributed by atoms with Crippen molar-refractivity contribution in [3.8, 4) is 0 Å². The van der Waals surface area contributed by atoms with Crippen LogP contribution in [0.4, 0.5) is 4.39 Å². The monoisotopic (exact) mass is 323 g/mol. The number of aryl methyl sites for hydroxylation is 1. The molecule has 0 aliphatic heterocycles. The lowest BCUT2D eigenvalue weighted by molar-refractivity contribution is 0.631. The fourth-order valence-electron chi connectivity index (χ4n) is 2.99. The van der Waals surface area contributed by atoms with Gasteiger partial charge in [-0.05, 0) is 53.2 Å². The number of hydrogen-bond acceptors (Lipinski definition) is 1. The lowest BCUT2D eigenvalue weighted by Crippen LogP contribution is -2.10. The average molecular weight is 324 g/mol. The Morgan fingerprint density at radius 1 is 1.32 bits per heavy atom. The molecule has 19 heavy (non-hydrogen) atoms. The van der Waals surface area contributed by atoms with Gasteiger partial charge in [0.2, 0.25) is 0 Å². The minimum Gasteiger partial charge on any atom is -0.358 e. The van der Waals surface area contributed by atoms with Crippen molar-refractivity contribution in [3.63, 3.8) is 0 Å². The third kappa shape index (κ3) is 2.12. The number of H-pyrrole nitrogens is 1. The van der Waals surface area contributed by atoms with Crippen molar-refractivity contribution in [1.82, 2.24) is 4.98 Å². The molecule has 0 radical (unpaired) electrons. The molecular weight excluding hydrogens is 309 g/mol. The smallest absolute Gasteiger partial charge is 0.192 e. The molecule has 1 aliphatic rings. The summed E-state index contributed by atoms with van der Waals surface area (Å²) in [6.45, 7) is 1.89. The maximum atomic E-state index is 14.1. The number of fused-ring (bicyclic) bond motifs is 1. The number of nitrogens with one attached hydrogen (secondary N) is 1. The maximum Gasteiger partial charge on any atom is 0.192 e. The van der Waals surface area contributed by atoms with Crippen molar-refractivity contribution in [1.29, 1.82) is 0 Å². The van der Waals surface area contributed by atoms with E-state index < -0.39 is 5.82 Å². The van der Waals surface area contributed by atoms with Gasteiger partial charge in [0.1, 0.15) is 0 Å². The Morgan fingerprint density at radius 2 is 2.00 bits per heavy atom. The van der Waals surface area contributed by atoms with Gasteiger partial charge in [0.25, 0.3) is 0 Å². The lowest BCUT2D eigenvalue weighted by atomic mass is 10.0. The van der Waals surface area contributed by atoms with E-state index in [0.717, 1.165) is 24.1 Å². The first kappa shape index (κ1) is 12.9. The van der Waals surface area contributed by atoms with E-state index >= 15 is 0 Å². The SMILES string of the molecule is Cc1cc(Br)c(F)c2c(=O)cc(C3CCCC3)[nH]c12. The number of hydrogen-bond donors (Lipinski definition) is 1. The molecule has 2 aromatic rings. The number of aromatic nitrogens is 1. The van der Waals surface area contributed by atoms with Gasteiger partial charge >= 0.3 is 0 Å². The van der Waals surface area contributed by atoms with E-state index in [-0.39, 0.29) is 10.8 Å². The highest BCUT2D eigenvalue weighted by atomic mass is 79.9. The Hall–Kier alpha value is -1.16. The molecule has 100 valence electrons. The molecule has 1 aromatic heterocycles. The number of benzene rings is 1. The molecule has 0 amide bonds. The summed E-state index contributed by atoms with van der Waals surface area (Å²) in [5.41, 5.74) is 2.26. The van der Waals surface area contributed by atoms with Crippen LogP contribution in [0.1, 0.15) is 42.9 Å². The molecule has 1 N–H and O–H groups in total. The Kier molecular flexibility index (Phi) is 3.21. The molecule has 1 aromatic carbocycles. The van der Waals surface area contributed by atoms with E-state index in [9.17, 15) is 9.18 Å². The summed E-state index contributed by atoms with van der Waals surface area (Å²) >= 11 is 3.16. The fraction of sp³-hybridized carbons (Fsp3) is 0.400. The largest absolute Gasteiger partial charge is 0.358 e. The van der Waals surface area contributed by atoms with Crippen molar-refractivity contribution in [3.05, 3.63) is 43.9 Å². The third-order valence-electron chi connectivity index (χ3n) is 4.01. The molecule has 1 heterocycles. The zero-order chi connectivity index (χ0) is 13.6. The molecule has 0 spiro atoms. The van der Waals surface area contributed by atoms with Crippen molar-refractivity contribution in [2.24, 2.45) is 0 Å². The van der Waals surface area contributed by atoms with Gasteiger partial charge in [-0.2, -0.15) is 0 Å². The van der Waals surface area contributed by atoms with Crippen molar-refractivity contribution in [2.45, 2.75) is 38.5 Å². The van der Waals surface area contributed by atoms with Gasteiger partial charge in [-0.3, -0.25) is 4.79 Å². The van der Waals surface area contributed by atoms with Gasteiger partial charge in [-0.15, -0.1) is 0 Å². The molecule has 0 unspecified atom stereocenters. The molecular formula is C15H15BrFNO. The van der Waals surface area contributed by atoms with Crippen LogP contribution in [0.25, 0.3) is 10.9 Å². The van der Waals surface area contributed by atoms with Crippen LogP contribution in [0.15, 0.2) is 21.4 Å². The van der Waals surface area contributed by atoms with Crippen molar-refractivity contribution < 1.29 is 4.39 Å². The fourth-order valence-corrected chi connectivity index (χ4v) is 3.54. The molecule has 3 rings (SSSR count). The highest BCUT2D eigenvalue weighted by Crippen LogP contribution is 2.34. The Bertz CT molecular complexity index is 701. The standard InChI is InChI=1S/C15H15BrFNO/c1-8-6-10(16)14(17)13-12(19)7-11(18-15(8)13)9-4-2-3-5-9/h6-7,9H,2-5H2,1H3,(H,18,19). The van der Waals surface area contributed by atoms with Gasteiger partial charge in [0, 0.05) is 11.8 Å². The molecule has 0 bridgehead atoms. The van der Waals surface area contributed by atoms with E-state index in [1.807, 2.05) is 6.92 Å². The maximum absolute atomic E-state index is 14.1. The van der Waals surface area contributed by atoms with Crippen LogP contribution < -0.4 is 5.43 Å². The van der Waals surface area contributed by atoms with E-state index in [1.54, 1.807) is 12.1 Å². The second-order valence-electron chi connectivity index (χ2n) is 5.31. The number of rotatable bonds is 1. The van der Waals surface area contributed by atoms with Crippen molar-refractivity contribution >= 4 is 26.8 Å². The second kappa shape index (κ2) is 4.75. The number of pyridine rings is 1. The second-order valence-corrected chi connectivity index (χ2v) is 6.16. The summed E-state index contributed by atoms with van der Waals surface area (Å²) in [4.78, 5) is 15.5. The van der Waals surface area contributed by atoms with Crippen LogP contribution >= 0.6 is 15.9 Å². The minimum absolute atomic E-state index is 0.161. The first-order valence-electron chi connectivity index (χ1n) is 6.59. The summed E-state index contributed by atoms with van der Waals surface area (Å²) in [7, 11) is 0. The molecule has 4 heteroatoms. The predicted octanol–water partition coefficient (Wildman–Crippen LogP) is 4.40. The summed E-state index contributed by atoms with van der Waals surface area (Å²) < 4.78 is 14.4. The molecule has 1 fully saturated rings. The Morgan fingerprint density at radius 3 is 2.68 bits per heavy atom. The van der Waals surface area contributed by atoms with Crippen LogP contribution in [0.2, 0.25) is 0 Å².